The third-order valence-corrected chi connectivity index (χ3v) is 5.42. The molecule has 4 saturated carbocycles. The van der Waals surface area contributed by atoms with E-state index in [1.807, 2.05) is 13.0 Å². The van der Waals surface area contributed by atoms with Crippen molar-refractivity contribution in [1.82, 2.24) is 9.97 Å². The number of nitrogen functional groups attached to an aromatic ring is 1. The van der Waals surface area contributed by atoms with Crippen LogP contribution in [0.3, 0.4) is 0 Å². The Morgan fingerprint density at radius 2 is 1.61 bits per heavy atom. The Morgan fingerprint density at radius 3 is 2.17 bits per heavy atom. The fourth-order valence-corrected chi connectivity index (χ4v) is 5.11. The summed E-state index contributed by atoms with van der Waals surface area (Å²) >= 11 is 0. The minimum Gasteiger partial charge on any atom is -0.384 e. The van der Waals surface area contributed by atoms with E-state index in [1.165, 1.54) is 32.1 Å². The average Bonchev–Trinajstić information content (AvgIpc) is 2.25. The van der Waals surface area contributed by atoms with Gasteiger partial charge in [0.1, 0.15) is 11.6 Å². The first-order chi connectivity index (χ1) is 8.69. The average molecular weight is 243 g/mol. The van der Waals surface area contributed by atoms with Gasteiger partial charge in [-0.15, -0.1) is 0 Å². The minimum absolute atomic E-state index is 0.597. The summed E-state index contributed by atoms with van der Waals surface area (Å²) < 4.78 is 0. The van der Waals surface area contributed by atoms with Crippen LogP contribution >= 0.6 is 0 Å². The molecule has 5 rings (SSSR count). The molecule has 0 radical (unpaired) electrons. The van der Waals surface area contributed by atoms with Gasteiger partial charge >= 0.3 is 0 Å². The number of hydrogen-bond donors (Lipinski definition) is 1. The second-order valence-corrected chi connectivity index (χ2v) is 6.75. The molecule has 1 aromatic heterocycles. The second kappa shape index (κ2) is 3.69. The zero-order valence-corrected chi connectivity index (χ0v) is 11.0. The molecule has 4 aliphatic rings. The van der Waals surface area contributed by atoms with Crippen molar-refractivity contribution in [2.24, 2.45) is 23.7 Å². The predicted octanol–water partition coefficient (Wildman–Crippen LogP) is 2.91. The lowest BCUT2D eigenvalue weighted by Gasteiger charge is -2.53. The van der Waals surface area contributed by atoms with Crippen LogP contribution in [0, 0.1) is 30.6 Å². The van der Waals surface area contributed by atoms with Crippen LogP contribution < -0.4 is 5.73 Å². The molecule has 0 spiro atoms. The predicted molar refractivity (Wildman–Crippen MR) is 71.0 cm³/mol. The van der Waals surface area contributed by atoms with Gasteiger partial charge in [0.25, 0.3) is 0 Å². The first kappa shape index (κ1) is 10.8. The van der Waals surface area contributed by atoms with Gasteiger partial charge in [-0.1, -0.05) is 0 Å². The SMILES string of the molecule is Cc1cc(N)nc(C2C3CC4CC(C3)CC2C4)n1. The minimum atomic E-state index is 0.597. The molecule has 4 bridgehead atoms. The standard InChI is InChI=1S/C15H21N3/c1-8-2-13(16)18-15(17-8)14-11-4-9-3-10(6-11)7-12(14)5-9/h2,9-12,14H,3-7H2,1H3,(H2,16,17,18). The second-order valence-electron chi connectivity index (χ2n) is 6.75. The normalized spacial score (nSPS) is 41.3. The molecule has 0 amide bonds. The van der Waals surface area contributed by atoms with Crippen LogP contribution in [-0.2, 0) is 0 Å². The maximum atomic E-state index is 5.90. The topological polar surface area (TPSA) is 51.8 Å². The van der Waals surface area contributed by atoms with Crippen LogP contribution in [0.2, 0.25) is 0 Å². The van der Waals surface area contributed by atoms with Gasteiger partial charge in [0.2, 0.25) is 0 Å². The Bertz CT molecular complexity index is 434. The van der Waals surface area contributed by atoms with E-state index in [-0.39, 0.29) is 0 Å². The summed E-state index contributed by atoms with van der Waals surface area (Å²) in [6, 6.07) is 1.87. The van der Waals surface area contributed by atoms with E-state index in [9.17, 15) is 0 Å². The maximum absolute atomic E-state index is 5.90. The molecule has 0 saturated heterocycles. The highest BCUT2D eigenvalue weighted by Crippen LogP contribution is 2.59. The van der Waals surface area contributed by atoms with E-state index < -0.39 is 0 Å². The monoisotopic (exact) mass is 243 g/mol. The molecule has 3 heteroatoms. The van der Waals surface area contributed by atoms with E-state index >= 15 is 0 Å². The van der Waals surface area contributed by atoms with Gasteiger partial charge in [-0.3, -0.25) is 0 Å². The number of hydrogen-bond acceptors (Lipinski definition) is 3. The molecular weight excluding hydrogens is 222 g/mol. The molecule has 0 aromatic carbocycles. The lowest BCUT2D eigenvalue weighted by molar-refractivity contribution is -0.00564. The zero-order valence-electron chi connectivity index (χ0n) is 11.0. The van der Waals surface area contributed by atoms with Crippen molar-refractivity contribution >= 4 is 5.82 Å². The first-order valence-electron chi connectivity index (χ1n) is 7.30. The van der Waals surface area contributed by atoms with Gasteiger partial charge in [0, 0.05) is 17.7 Å². The zero-order chi connectivity index (χ0) is 12.3. The van der Waals surface area contributed by atoms with Gasteiger partial charge in [-0.05, 0) is 62.7 Å². The van der Waals surface area contributed by atoms with Crippen molar-refractivity contribution in [3.8, 4) is 0 Å². The third-order valence-electron chi connectivity index (χ3n) is 5.42. The largest absolute Gasteiger partial charge is 0.384 e. The van der Waals surface area contributed by atoms with Gasteiger partial charge in [-0.25, -0.2) is 9.97 Å². The molecule has 96 valence electrons. The Morgan fingerprint density at radius 1 is 1.00 bits per heavy atom. The van der Waals surface area contributed by atoms with Crippen molar-refractivity contribution in [3.05, 3.63) is 17.6 Å². The summed E-state index contributed by atoms with van der Waals surface area (Å²) in [4.78, 5) is 9.24. The summed E-state index contributed by atoms with van der Waals surface area (Å²) in [6.45, 7) is 2.03. The van der Waals surface area contributed by atoms with Crippen molar-refractivity contribution < 1.29 is 0 Å². The molecule has 4 fully saturated rings. The molecule has 2 N–H and O–H groups in total. The quantitative estimate of drug-likeness (QED) is 0.825. The molecule has 0 unspecified atom stereocenters. The molecule has 0 aliphatic heterocycles. The van der Waals surface area contributed by atoms with E-state index in [4.69, 9.17) is 5.73 Å². The number of nitrogens with two attached hydrogens (primary N) is 1. The van der Waals surface area contributed by atoms with E-state index in [2.05, 4.69) is 9.97 Å². The summed E-state index contributed by atoms with van der Waals surface area (Å²) in [6.07, 6.45) is 7.14. The highest BCUT2D eigenvalue weighted by molar-refractivity contribution is 5.30. The number of aryl methyl sites for hydroxylation is 1. The van der Waals surface area contributed by atoms with Crippen LogP contribution in [-0.4, -0.2) is 9.97 Å². The molecule has 1 aromatic rings. The van der Waals surface area contributed by atoms with Gasteiger partial charge < -0.3 is 5.73 Å². The summed E-state index contributed by atoms with van der Waals surface area (Å²) in [5.74, 6) is 5.97. The van der Waals surface area contributed by atoms with E-state index in [1.54, 1.807) is 0 Å². The summed E-state index contributed by atoms with van der Waals surface area (Å²) in [5.41, 5.74) is 6.92. The van der Waals surface area contributed by atoms with Crippen molar-refractivity contribution in [2.75, 3.05) is 5.73 Å². The van der Waals surface area contributed by atoms with Crippen LogP contribution in [0.5, 0.6) is 0 Å². The number of anilines is 1. The van der Waals surface area contributed by atoms with Crippen molar-refractivity contribution in [2.45, 2.75) is 44.9 Å². The Kier molecular flexibility index (Phi) is 2.21. The third kappa shape index (κ3) is 1.56. The molecular formula is C15H21N3. The van der Waals surface area contributed by atoms with Gasteiger partial charge in [0.05, 0.1) is 0 Å². The first-order valence-corrected chi connectivity index (χ1v) is 7.30. The van der Waals surface area contributed by atoms with Crippen molar-refractivity contribution in [1.29, 1.82) is 0 Å². The Hall–Kier alpha value is -1.12. The molecule has 1 heterocycles. The van der Waals surface area contributed by atoms with Gasteiger partial charge in [-0.2, -0.15) is 0 Å². The molecule has 18 heavy (non-hydrogen) atoms. The number of aromatic nitrogens is 2. The molecule has 4 aliphatic carbocycles. The van der Waals surface area contributed by atoms with E-state index in [0.717, 1.165) is 35.2 Å². The number of nitrogens with zero attached hydrogens (tertiary/aromatic N) is 2. The highest BCUT2D eigenvalue weighted by Gasteiger charge is 2.49. The Balaban J connectivity index is 1.72. The highest BCUT2D eigenvalue weighted by atomic mass is 15.0. The van der Waals surface area contributed by atoms with Crippen LogP contribution in [0.1, 0.15) is 49.5 Å². The van der Waals surface area contributed by atoms with Crippen LogP contribution in [0.25, 0.3) is 0 Å². The van der Waals surface area contributed by atoms with E-state index in [0.29, 0.717) is 11.7 Å². The molecule has 0 atom stereocenters. The Labute approximate surface area is 108 Å². The van der Waals surface area contributed by atoms with Crippen LogP contribution in [0.4, 0.5) is 5.82 Å². The molecule has 3 nitrogen and oxygen atoms in total. The lowest BCUT2D eigenvalue weighted by atomic mass is 9.51. The van der Waals surface area contributed by atoms with Crippen LogP contribution in [0.15, 0.2) is 6.07 Å². The fourth-order valence-electron chi connectivity index (χ4n) is 5.11. The van der Waals surface area contributed by atoms with Gasteiger partial charge in [0.15, 0.2) is 0 Å². The number of rotatable bonds is 1. The maximum Gasteiger partial charge on any atom is 0.134 e. The fraction of sp³-hybridized carbons (Fsp3) is 0.733. The summed E-state index contributed by atoms with van der Waals surface area (Å²) in [5, 5.41) is 0. The smallest absolute Gasteiger partial charge is 0.134 e. The lowest BCUT2D eigenvalue weighted by Crippen LogP contribution is -2.44. The van der Waals surface area contributed by atoms with Crippen molar-refractivity contribution in [3.63, 3.8) is 0 Å². The summed E-state index contributed by atoms with van der Waals surface area (Å²) in [7, 11) is 0.